The molecule has 1 unspecified atom stereocenters. The maximum atomic E-state index is 15.5. The minimum absolute atomic E-state index is 0.207. The zero-order chi connectivity index (χ0) is 18.5. The molecule has 0 aromatic heterocycles. The number of hydrogen-bond donors (Lipinski definition) is 1. The van der Waals surface area contributed by atoms with Gasteiger partial charge in [-0.1, -0.05) is 30.3 Å². The number of benzene rings is 2. The van der Waals surface area contributed by atoms with Crippen LogP contribution in [-0.2, 0) is 10.5 Å². The minimum atomic E-state index is -1.39. The molecule has 1 amide bonds. The highest BCUT2D eigenvalue weighted by Crippen LogP contribution is 2.48. The second kappa shape index (κ2) is 5.43. The standard InChI is InChI=1S/C21H18FN3O/c1-20(2)13-25-17-6-4-3-5-15(17)11-18(22)21(25,24-19(20)26)16-9-7-14(12-23)8-10-16/h3-11H,13H2,1-2H3,(H,24,26). The van der Waals surface area contributed by atoms with Crippen molar-refractivity contribution in [3.05, 3.63) is 71.0 Å². The van der Waals surface area contributed by atoms with Gasteiger partial charge in [-0.15, -0.1) is 0 Å². The van der Waals surface area contributed by atoms with Crippen LogP contribution in [0.5, 0.6) is 0 Å². The highest BCUT2D eigenvalue weighted by atomic mass is 19.1. The van der Waals surface area contributed by atoms with Crippen molar-refractivity contribution in [3.63, 3.8) is 0 Å². The van der Waals surface area contributed by atoms with E-state index in [0.717, 1.165) is 11.3 Å². The Morgan fingerprint density at radius 3 is 2.54 bits per heavy atom. The van der Waals surface area contributed by atoms with E-state index in [1.165, 1.54) is 6.08 Å². The first kappa shape index (κ1) is 16.3. The smallest absolute Gasteiger partial charge is 0.229 e. The Labute approximate surface area is 151 Å². The largest absolute Gasteiger partial charge is 0.338 e. The summed E-state index contributed by atoms with van der Waals surface area (Å²) in [4.78, 5) is 14.7. The summed E-state index contributed by atoms with van der Waals surface area (Å²) in [6.45, 7) is 4.07. The van der Waals surface area contributed by atoms with Gasteiger partial charge in [0.1, 0.15) is 0 Å². The number of fused-ring (bicyclic) bond motifs is 3. The Balaban J connectivity index is 1.97. The van der Waals surface area contributed by atoms with Crippen LogP contribution in [0, 0.1) is 16.7 Å². The van der Waals surface area contributed by atoms with E-state index in [9.17, 15) is 4.79 Å². The first-order chi connectivity index (χ1) is 12.4. The summed E-state index contributed by atoms with van der Waals surface area (Å²) in [5, 5.41) is 12.0. The van der Waals surface area contributed by atoms with Crippen LogP contribution in [0.1, 0.15) is 30.5 Å². The molecule has 130 valence electrons. The van der Waals surface area contributed by atoms with Gasteiger partial charge in [-0.2, -0.15) is 5.26 Å². The van der Waals surface area contributed by atoms with Gasteiger partial charge in [0.15, 0.2) is 11.5 Å². The molecule has 1 fully saturated rings. The van der Waals surface area contributed by atoms with Crippen molar-refractivity contribution in [2.24, 2.45) is 5.41 Å². The molecular weight excluding hydrogens is 329 g/mol. The van der Waals surface area contributed by atoms with E-state index >= 15 is 4.39 Å². The second-order valence-electron chi connectivity index (χ2n) is 7.37. The Kier molecular flexibility index (Phi) is 3.42. The predicted molar refractivity (Wildman–Crippen MR) is 97.6 cm³/mol. The third kappa shape index (κ3) is 2.15. The van der Waals surface area contributed by atoms with Gasteiger partial charge >= 0.3 is 0 Å². The molecule has 0 bridgehead atoms. The zero-order valence-corrected chi connectivity index (χ0v) is 14.6. The van der Waals surface area contributed by atoms with Gasteiger partial charge in [0.2, 0.25) is 5.91 Å². The Bertz CT molecular complexity index is 971. The fraction of sp³-hybridized carbons (Fsp3) is 0.238. The fourth-order valence-electron chi connectivity index (χ4n) is 3.69. The van der Waals surface area contributed by atoms with E-state index in [1.54, 1.807) is 24.3 Å². The quantitative estimate of drug-likeness (QED) is 0.856. The lowest BCUT2D eigenvalue weighted by Gasteiger charge is -2.54. The first-order valence-electron chi connectivity index (χ1n) is 8.46. The SMILES string of the molecule is CC1(C)CN2c3ccccc3C=C(F)C2(c2ccc(C#N)cc2)NC1=O. The maximum absolute atomic E-state index is 15.5. The van der Waals surface area contributed by atoms with E-state index in [4.69, 9.17) is 5.26 Å². The van der Waals surface area contributed by atoms with Gasteiger partial charge in [0, 0.05) is 23.4 Å². The van der Waals surface area contributed by atoms with E-state index in [0.29, 0.717) is 17.7 Å². The first-order valence-corrected chi connectivity index (χ1v) is 8.46. The summed E-state index contributed by atoms with van der Waals surface area (Å²) in [6, 6.07) is 16.3. The number of rotatable bonds is 1. The molecule has 2 heterocycles. The van der Waals surface area contributed by atoms with Crippen molar-refractivity contribution in [3.8, 4) is 6.07 Å². The lowest BCUT2D eigenvalue weighted by Crippen LogP contribution is -2.69. The summed E-state index contributed by atoms with van der Waals surface area (Å²) in [5.41, 5.74) is 0.659. The summed E-state index contributed by atoms with van der Waals surface area (Å²) in [7, 11) is 0. The van der Waals surface area contributed by atoms with Crippen LogP contribution >= 0.6 is 0 Å². The van der Waals surface area contributed by atoms with E-state index in [2.05, 4.69) is 11.4 Å². The Morgan fingerprint density at radius 2 is 1.85 bits per heavy atom. The average molecular weight is 347 g/mol. The molecule has 4 rings (SSSR count). The Morgan fingerprint density at radius 1 is 1.15 bits per heavy atom. The summed E-state index contributed by atoms with van der Waals surface area (Å²) < 4.78 is 15.5. The molecule has 1 saturated heterocycles. The number of halogens is 1. The number of anilines is 1. The van der Waals surface area contributed by atoms with Crippen LogP contribution in [0.3, 0.4) is 0 Å². The van der Waals surface area contributed by atoms with Crippen molar-refractivity contribution in [2.45, 2.75) is 19.5 Å². The third-order valence-electron chi connectivity index (χ3n) is 5.15. The van der Waals surface area contributed by atoms with Crippen molar-refractivity contribution < 1.29 is 9.18 Å². The molecule has 1 atom stereocenters. The van der Waals surface area contributed by atoms with Gasteiger partial charge in [0.05, 0.1) is 17.0 Å². The molecular formula is C21H18FN3O. The number of nitrogens with one attached hydrogen (secondary N) is 1. The lowest BCUT2D eigenvalue weighted by atomic mass is 9.80. The molecule has 0 saturated carbocycles. The number of carbonyl (C=O) groups is 1. The zero-order valence-electron chi connectivity index (χ0n) is 14.6. The van der Waals surface area contributed by atoms with Crippen LogP contribution < -0.4 is 10.2 Å². The predicted octanol–water partition coefficient (Wildman–Crippen LogP) is 3.70. The summed E-state index contributed by atoms with van der Waals surface area (Å²) in [6.07, 6.45) is 1.47. The normalized spacial score (nSPS) is 23.2. The van der Waals surface area contributed by atoms with Crippen LogP contribution in [0.25, 0.3) is 6.08 Å². The third-order valence-corrected chi connectivity index (χ3v) is 5.15. The Hall–Kier alpha value is -3.13. The molecule has 0 aliphatic carbocycles. The monoisotopic (exact) mass is 347 g/mol. The molecule has 2 aromatic carbocycles. The number of amides is 1. The molecule has 0 spiro atoms. The fourth-order valence-corrected chi connectivity index (χ4v) is 3.69. The van der Waals surface area contributed by atoms with Crippen LogP contribution in [-0.4, -0.2) is 12.5 Å². The second-order valence-corrected chi connectivity index (χ2v) is 7.37. The molecule has 4 nitrogen and oxygen atoms in total. The number of nitriles is 1. The molecule has 26 heavy (non-hydrogen) atoms. The van der Waals surface area contributed by atoms with Crippen LogP contribution in [0.4, 0.5) is 10.1 Å². The number of nitrogens with zero attached hydrogens (tertiary/aromatic N) is 2. The highest BCUT2D eigenvalue weighted by molar-refractivity contribution is 5.89. The van der Waals surface area contributed by atoms with Crippen LogP contribution in [0.15, 0.2) is 54.4 Å². The molecule has 5 heteroatoms. The van der Waals surface area contributed by atoms with Crippen molar-refractivity contribution in [1.82, 2.24) is 5.32 Å². The van der Waals surface area contributed by atoms with Crippen LogP contribution in [0.2, 0.25) is 0 Å². The highest BCUT2D eigenvalue weighted by Gasteiger charge is 2.54. The number of para-hydroxylation sites is 1. The van der Waals surface area contributed by atoms with Gasteiger partial charge in [-0.05, 0) is 38.1 Å². The van der Waals surface area contributed by atoms with Gasteiger partial charge in [-0.3, -0.25) is 4.79 Å². The summed E-state index contributed by atoms with van der Waals surface area (Å²) >= 11 is 0. The molecule has 1 N–H and O–H groups in total. The lowest BCUT2D eigenvalue weighted by molar-refractivity contribution is -0.133. The molecule has 2 aliphatic rings. The van der Waals surface area contributed by atoms with Gasteiger partial charge < -0.3 is 10.2 Å². The van der Waals surface area contributed by atoms with E-state index in [-0.39, 0.29) is 5.91 Å². The molecule has 0 radical (unpaired) electrons. The van der Waals surface area contributed by atoms with Crippen molar-refractivity contribution >= 4 is 17.7 Å². The maximum Gasteiger partial charge on any atom is 0.229 e. The number of hydrogen-bond acceptors (Lipinski definition) is 3. The minimum Gasteiger partial charge on any atom is -0.338 e. The molecule has 2 aliphatic heterocycles. The number of carbonyl (C=O) groups excluding carboxylic acids is 1. The van der Waals surface area contributed by atoms with Crippen molar-refractivity contribution in [1.29, 1.82) is 5.26 Å². The van der Waals surface area contributed by atoms with Crippen molar-refractivity contribution in [2.75, 3.05) is 11.4 Å². The van der Waals surface area contributed by atoms with Gasteiger partial charge in [-0.25, -0.2) is 4.39 Å². The van der Waals surface area contributed by atoms with Gasteiger partial charge in [0.25, 0.3) is 0 Å². The average Bonchev–Trinajstić information content (AvgIpc) is 2.63. The van der Waals surface area contributed by atoms with E-state index in [1.807, 2.05) is 43.0 Å². The van der Waals surface area contributed by atoms with E-state index < -0.39 is 16.9 Å². The summed E-state index contributed by atoms with van der Waals surface area (Å²) in [5.74, 6) is -0.647. The topological polar surface area (TPSA) is 56.1 Å². The molecule has 2 aromatic rings.